The molecular weight excluding hydrogens is 278 g/mol. The van der Waals surface area contributed by atoms with Gasteiger partial charge in [-0.05, 0) is 18.2 Å². The van der Waals surface area contributed by atoms with Gasteiger partial charge in [-0.1, -0.05) is 11.6 Å². The molecule has 0 bridgehead atoms. The molecule has 2 rings (SSSR count). The highest BCUT2D eigenvalue weighted by molar-refractivity contribution is 7.99. The lowest BCUT2D eigenvalue weighted by Gasteiger charge is -2.20. The zero-order chi connectivity index (χ0) is 13.3. The van der Waals surface area contributed by atoms with Crippen molar-refractivity contribution in [3.63, 3.8) is 0 Å². The molecule has 0 aromatic heterocycles. The summed E-state index contributed by atoms with van der Waals surface area (Å²) < 4.78 is 0. The summed E-state index contributed by atoms with van der Waals surface area (Å²) in [7, 11) is 0. The Kier molecular flexibility index (Phi) is 3.68. The van der Waals surface area contributed by atoms with Gasteiger partial charge < -0.3 is 15.1 Å². The molecule has 1 aromatic carbocycles. The maximum absolute atomic E-state index is 12.1. The number of carbonyl (C=O) groups excluding carboxylic acids is 1. The van der Waals surface area contributed by atoms with E-state index in [9.17, 15) is 14.7 Å². The Hall–Kier alpha value is -1.40. The van der Waals surface area contributed by atoms with Gasteiger partial charge in [-0.2, -0.15) is 0 Å². The zero-order valence-electron chi connectivity index (χ0n) is 9.17. The minimum absolute atomic E-state index is 0.0631. The van der Waals surface area contributed by atoms with Crippen molar-refractivity contribution < 1.29 is 19.8 Å². The van der Waals surface area contributed by atoms with E-state index >= 15 is 0 Å². The Labute approximate surface area is 112 Å². The average Bonchev–Trinajstić information content (AvgIpc) is 2.77. The Bertz CT molecular complexity index is 508. The van der Waals surface area contributed by atoms with Gasteiger partial charge in [0.1, 0.15) is 11.8 Å². The number of halogens is 1. The van der Waals surface area contributed by atoms with Gasteiger partial charge in [0.2, 0.25) is 0 Å². The van der Waals surface area contributed by atoms with Crippen LogP contribution in [0.5, 0.6) is 5.75 Å². The second kappa shape index (κ2) is 5.07. The number of aliphatic carboxylic acids is 1. The summed E-state index contributed by atoms with van der Waals surface area (Å²) in [6, 6.07) is 3.28. The number of phenols is 1. The van der Waals surface area contributed by atoms with Gasteiger partial charge in [-0.25, -0.2) is 4.79 Å². The van der Waals surface area contributed by atoms with Crippen LogP contribution >= 0.6 is 23.4 Å². The van der Waals surface area contributed by atoms with E-state index in [2.05, 4.69) is 0 Å². The van der Waals surface area contributed by atoms with E-state index in [-0.39, 0.29) is 11.3 Å². The fourth-order valence-electron chi connectivity index (χ4n) is 1.69. The van der Waals surface area contributed by atoms with Crippen LogP contribution in [0.2, 0.25) is 5.02 Å². The Morgan fingerprint density at radius 3 is 2.78 bits per heavy atom. The number of rotatable bonds is 2. The van der Waals surface area contributed by atoms with E-state index < -0.39 is 17.9 Å². The van der Waals surface area contributed by atoms with Crippen LogP contribution < -0.4 is 0 Å². The number of carboxylic acid groups (broad SMARTS) is 1. The van der Waals surface area contributed by atoms with Gasteiger partial charge in [0.15, 0.2) is 0 Å². The topological polar surface area (TPSA) is 77.8 Å². The van der Waals surface area contributed by atoms with Crippen molar-refractivity contribution in [1.29, 1.82) is 0 Å². The van der Waals surface area contributed by atoms with Crippen molar-refractivity contribution in [3.8, 4) is 5.75 Å². The van der Waals surface area contributed by atoms with Crippen LogP contribution in [0, 0.1) is 0 Å². The predicted molar refractivity (Wildman–Crippen MR) is 68.0 cm³/mol. The van der Waals surface area contributed by atoms with Gasteiger partial charge in [-0.15, -0.1) is 11.8 Å². The molecule has 2 N–H and O–H groups in total. The second-order valence-electron chi connectivity index (χ2n) is 3.79. The fourth-order valence-corrected chi connectivity index (χ4v) is 3.00. The minimum Gasteiger partial charge on any atom is -0.507 e. The van der Waals surface area contributed by atoms with Crippen LogP contribution in [-0.2, 0) is 4.79 Å². The molecule has 1 saturated heterocycles. The zero-order valence-corrected chi connectivity index (χ0v) is 10.7. The molecule has 0 radical (unpaired) electrons. The lowest BCUT2D eigenvalue weighted by Crippen LogP contribution is -2.41. The lowest BCUT2D eigenvalue weighted by molar-refractivity contribution is -0.140. The molecule has 1 fully saturated rings. The Morgan fingerprint density at radius 2 is 2.17 bits per heavy atom. The highest BCUT2D eigenvalue weighted by Gasteiger charge is 2.35. The molecule has 1 aliphatic rings. The summed E-state index contributed by atoms with van der Waals surface area (Å²) in [6.07, 6.45) is 0. The highest BCUT2D eigenvalue weighted by atomic mass is 35.5. The average molecular weight is 288 g/mol. The molecule has 18 heavy (non-hydrogen) atoms. The summed E-state index contributed by atoms with van der Waals surface area (Å²) in [4.78, 5) is 24.4. The number of hydrogen-bond donors (Lipinski definition) is 2. The predicted octanol–water partition coefficient (Wildman–Crippen LogP) is 1.65. The van der Waals surface area contributed by atoms with Crippen molar-refractivity contribution in [3.05, 3.63) is 28.8 Å². The second-order valence-corrected chi connectivity index (χ2v) is 5.23. The third kappa shape index (κ3) is 2.39. The van der Waals surface area contributed by atoms with Crippen LogP contribution in [0.1, 0.15) is 10.4 Å². The number of aromatic hydroxyl groups is 1. The first kappa shape index (κ1) is 13.0. The number of phenolic OH excluding ortho intramolecular Hbond substituents is 1. The molecular formula is C11H10ClNO4S. The number of benzene rings is 1. The van der Waals surface area contributed by atoms with Gasteiger partial charge in [0.25, 0.3) is 5.91 Å². The van der Waals surface area contributed by atoms with Crippen LogP contribution in [0.25, 0.3) is 0 Å². The molecule has 7 heteroatoms. The lowest BCUT2D eigenvalue weighted by atomic mass is 10.1. The molecule has 0 spiro atoms. The normalized spacial score (nSPS) is 18.9. The van der Waals surface area contributed by atoms with Crippen molar-refractivity contribution in [2.45, 2.75) is 6.04 Å². The maximum Gasteiger partial charge on any atom is 0.327 e. The first-order chi connectivity index (χ1) is 8.50. The first-order valence-electron chi connectivity index (χ1n) is 5.10. The molecule has 1 amide bonds. The van der Waals surface area contributed by atoms with Gasteiger partial charge in [-0.3, -0.25) is 4.79 Å². The largest absolute Gasteiger partial charge is 0.507 e. The molecule has 96 valence electrons. The highest BCUT2D eigenvalue weighted by Crippen LogP contribution is 2.28. The molecule has 0 aliphatic carbocycles. The number of hydrogen-bond acceptors (Lipinski definition) is 4. The monoisotopic (exact) mass is 287 g/mol. The maximum atomic E-state index is 12.1. The van der Waals surface area contributed by atoms with Crippen LogP contribution in [0.3, 0.4) is 0 Å². The van der Waals surface area contributed by atoms with Crippen LogP contribution in [-0.4, -0.2) is 44.7 Å². The quantitative estimate of drug-likeness (QED) is 0.865. The number of nitrogens with zero attached hydrogens (tertiary/aromatic N) is 1. The molecule has 1 aromatic rings. The van der Waals surface area contributed by atoms with Crippen molar-refractivity contribution in [1.82, 2.24) is 4.90 Å². The first-order valence-corrected chi connectivity index (χ1v) is 6.64. The molecule has 1 unspecified atom stereocenters. The van der Waals surface area contributed by atoms with E-state index in [1.54, 1.807) is 0 Å². The van der Waals surface area contributed by atoms with Gasteiger partial charge in [0, 0.05) is 10.8 Å². The van der Waals surface area contributed by atoms with E-state index in [1.807, 2.05) is 0 Å². The summed E-state index contributed by atoms with van der Waals surface area (Å²) in [5, 5.41) is 19.0. The standard InChI is InChI=1S/C11H10ClNO4S/c12-6-1-2-7(9(14)3-6)10(15)13-5-18-4-8(13)11(16)17/h1-3,8,14H,4-5H2,(H,16,17). The SMILES string of the molecule is O=C(O)C1CSCN1C(=O)c1ccc(Cl)cc1O. The number of amides is 1. The fraction of sp³-hybridized carbons (Fsp3) is 0.273. The molecule has 5 nitrogen and oxygen atoms in total. The Balaban J connectivity index is 2.28. The summed E-state index contributed by atoms with van der Waals surface area (Å²) >= 11 is 7.04. The van der Waals surface area contributed by atoms with E-state index in [4.69, 9.17) is 16.7 Å². The Morgan fingerprint density at radius 1 is 1.44 bits per heavy atom. The summed E-state index contributed by atoms with van der Waals surface area (Å²) in [5.74, 6) is -1.12. The molecule has 1 aliphatic heterocycles. The molecule has 1 heterocycles. The number of carboxylic acids is 1. The van der Waals surface area contributed by atoms with Gasteiger partial charge >= 0.3 is 5.97 Å². The third-order valence-corrected chi connectivity index (χ3v) is 3.87. The number of thioether (sulfide) groups is 1. The van der Waals surface area contributed by atoms with Crippen molar-refractivity contribution in [2.24, 2.45) is 0 Å². The van der Waals surface area contributed by atoms with Crippen LogP contribution in [0.15, 0.2) is 18.2 Å². The number of carbonyl (C=O) groups is 2. The molecule has 1 atom stereocenters. The van der Waals surface area contributed by atoms with Gasteiger partial charge in [0.05, 0.1) is 11.4 Å². The molecule has 0 saturated carbocycles. The van der Waals surface area contributed by atoms with E-state index in [0.29, 0.717) is 16.7 Å². The summed E-state index contributed by atoms with van der Waals surface area (Å²) in [6.45, 7) is 0. The van der Waals surface area contributed by atoms with E-state index in [0.717, 1.165) is 0 Å². The third-order valence-electron chi connectivity index (χ3n) is 2.62. The van der Waals surface area contributed by atoms with E-state index in [1.165, 1.54) is 34.9 Å². The van der Waals surface area contributed by atoms with Crippen molar-refractivity contribution >= 4 is 35.2 Å². The minimum atomic E-state index is -1.04. The smallest absolute Gasteiger partial charge is 0.327 e. The van der Waals surface area contributed by atoms with Crippen LogP contribution in [0.4, 0.5) is 0 Å². The van der Waals surface area contributed by atoms with Crippen molar-refractivity contribution in [2.75, 3.05) is 11.6 Å². The summed E-state index contributed by atoms with van der Waals surface area (Å²) in [5.41, 5.74) is 0.0631.